The summed E-state index contributed by atoms with van der Waals surface area (Å²) in [6.45, 7) is 0. The minimum atomic E-state index is -0.0796. The molecule has 0 amide bonds. The molecule has 0 saturated heterocycles. The van der Waals surface area contributed by atoms with Crippen LogP contribution in [-0.2, 0) is 9.53 Å². The summed E-state index contributed by atoms with van der Waals surface area (Å²) in [4.78, 5) is 12.2. The van der Waals surface area contributed by atoms with Crippen LogP contribution < -0.4 is 0 Å². The van der Waals surface area contributed by atoms with E-state index in [-0.39, 0.29) is 17.8 Å². The van der Waals surface area contributed by atoms with E-state index in [4.69, 9.17) is 4.74 Å². The van der Waals surface area contributed by atoms with Gasteiger partial charge >= 0.3 is 5.97 Å². The van der Waals surface area contributed by atoms with E-state index in [1.165, 1.54) is 29.4 Å². The molecule has 0 aliphatic heterocycles. The maximum atomic E-state index is 12.2. The van der Waals surface area contributed by atoms with Crippen LogP contribution in [0.15, 0.2) is 48.5 Å². The van der Waals surface area contributed by atoms with E-state index in [9.17, 15) is 4.79 Å². The molecule has 2 aromatic rings. The molecule has 0 heterocycles. The molecule has 0 radical (unpaired) electrons. The fourth-order valence-electron chi connectivity index (χ4n) is 4.02. The van der Waals surface area contributed by atoms with Crippen LogP contribution in [0.5, 0.6) is 0 Å². The minimum Gasteiger partial charge on any atom is -0.469 e. The van der Waals surface area contributed by atoms with Gasteiger partial charge in [-0.15, -0.1) is 0 Å². The van der Waals surface area contributed by atoms with Gasteiger partial charge in [0, 0.05) is 11.8 Å². The third-order valence-corrected chi connectivity index (χ3v) is 4.81. The van der Waals surface area contributed by atoms with Gasteiger partial charge in [-0.1, -0.05) is 48.5 Å². The Labute approximate surface area is 118 Å². The molecule has 1 atom stereocenters. The molecule has 2 bridgehead atoms. The number of fused-ring (bicyclic) bond motifs is 1. The van der Waals surface area contributed by atoms with Crippen molar-refractivity contribution in [1.29, 1.82) is 0 Å². The van der Waals surface area contributed by atoms with Crippen LogP contribution in [0.2, 0.25) is 0 Å². The lowest BCUT2D eigenvalue weighted by Gasteiger charge is -2.44. The highest BCUT2D eigenvalue weighted by Crippen LogP contribution is 2.55. The second-order valence-corrected chi connectivity index (χ2v) is 5.65. The molecule has 0 fully saturated rings. The van der Waals surface area contributed by atoms with Crippen LogP contribution in [0.3, 0.4) is 0 Å². The molecule has 0 spiro atoms. The Kier molecular flexibility index (Phi) is 2.46. The molecule has 0 aromatic heterocycles. The summed E-state index contributed by atoms with van der Waals surface area (Å²) in [7, 11) is 1.49. The Morgan fingerprint density at radius 1 is 0.950 bits per heavy atom. The highest BCUT2D eigenvalue weighted by Gasteiger charge is 2.46. The van der Waals surface area contributed by atoms with Gasteiger partial charge in [-0.3, -0.25) is 4.79 Å². The zero-order chi connectivity index (χ0) is 13.7. The molecule has 5 rings (SSSR count). The zero-order valence-corrected chi connectivity index (χ0v) is 11.4. The molecular formula is C18H16O2. The maximum Gasteiger partial charge on any atom is 0.309 e. The number of esters is 1. The Bertz CT molecular complexity index is 642. The Morgan fingerprint density at radius 2 is 1.45 bits per heavy atom. The van der Waals surface area contributed by atoms with Gasteiger partial charge in [0.15, 0.2) is 0 Å². The number of ether oxygens (including phenoxy) is 1. The number of rotatable bonds is 1. The summed E-state index contributed by atoms with van der Waals surface area (Å²) in [5.41, 5.74) is 5.38. The van der Waals surface area contributed by atoms with Crippen LogP contribution in [-0.4, -0.2) is 13.1 Å². The average Bonchev–Trinajstić information content (AvgIpc) is 2.54. The molecule has 100 valence electrons. The Balaban J connectivity index is 1.95. The van der Waals surface area contributed by atoms with E-state index < -0.39 is 0 Å². The smallest absolute Gasteiger partial charge is 0.309 e. The Hall–Kier alpha value is -2.09. The van der Waals surface area contributed by atoms with Crippen LogP contribution in [0, 0.1) is 5.92 Å². The van der Waals surface area contributed by atoms with E-state index in [0.29, 0.717) is 5.92 Å². The van der Waals surface area contributed by atoms with Crippen molar-refractivity contribution in [3.63, 3.8) is 0 Å². The molecule has 2 heteroatoms. The van der Waals surface area contributed by atoms with E-state index in [1.807, 2.05) is 0 Å². The summed E-state index contributed by atoms with van der Waals surface area (Å²) in [5.74, 6) is 0.357. The number of hydrogen-bond acceptors (Lipinski definition) is 2. The number of benzene rings is 2. The monoisotopic (exact) mass is 264 g/mol. The highest BCUT2D eigenvalue weighted by atomic mass is 16.5. The van der Waals surface area contributed by atoms with E-state index in [0.717, 1.165) is 6.42 Å². The summed E-state index contributed by atoms with van der Waals surface area (Å²) in [5, 5.41) is 0. The highest BCUT2D eigenvalue weighted by molar-refractivity contribution is 5.77. The van der Waals surface area contributed by atoms with Gasteiger partial charge in [0.1, 0.15) is 0 Å². The van der Waals surface area contributed by atoms with E-state index >= 15 is 0 Å². The van der Waals surface area contributed by atoms with Gasteiger partial charge in [-0.2, -0.15) is 0 Å². The predicted molar refractivity (Wildman–Crippen MR) is 76.7 cm³/mol. The lowest BCUT2D eigenvalue weighted by Crippen LogP contribution is -2.36. The van der Waals surface area contributed by atoms with E-state index in [1.54, 1.807) is 0 Å². The largest absolute Gasteiger partial charge is 0.469 e. The van der Waals surface area contributed by atoms with Crippen molar-refractivity contribution in [2.24, 2.45) is 5.92 Å². The molecule has 3 aliphatic carbocycles. The number of carbonyl (C=O) groups is 1. The summed E-state index contributed by atoms with van der Waals surface area (Å²) in [6.07, 6.45) is 0.866. The number of hydrogen-bond donors (Lipinski definition) is 0. The predicted octanol–water partition coefficient (Wildman–Crippen LogP) is 3.46. The van der Waals surface area contributed by atoms with Crippen molar-refractivity contribution < 1.29 is 9.53 Å². The van der Waals surface area contributed by atoms with Crippen molar-refractivity contribution in [3.05, 3.63) is 70.8 Å². The van der Waals surface area contributed by atoms with Crippen LogP contribution in [0.25, 0.3) is 0 Å². The normalized spacial score (nSPS) is 25.8. The van der Waals surface area contributed by atoms with Gasteiger partial charge in [0.05, 0.1) is 13.0 Å². The first-order chi connectivity index (χ1) is 9.81. The molecular weight excluding hydrogens is 248 g/mol. The third-order valence-electron chi connectivity index (χ3n) is 4.81. The molecule has 0 saturated carbocycles. The summed E-state index contributed by atoms with van der Waals surface area (Å²) >= 11 is 0. The lowest BCUT2D eigenvalue weighted by molar-refractivity contribution is -0.146. The van der Waals surface area contributed by atoms with Gasteiger partial charge in [0.25, 0.3) is 0 Å². The number of methoxy groups -OCH3 is 1. The average molecular weight is 264 g/mol. The van der Waals surface area contributed by atoms with Crippen molar-refractivity contribution in [1.82, 2.24) is 0 Å². The fraction of sp³-hybridized carbons (Fsp3) is 0.278. The first-order valence-corrected chi connectivity index (χ1v) is 7.06. The molecule has 3 aliphatic rings. The van der Waals surface area contributed by atoms with Gasteiger partial charge in [0.2, 0.25) is 0 Å². The standard InChI is InChI=1S/C18H16O2/c1-20-18(19)16-10-15-11-6-2-4-8-13(11)17(16)14-9-5-3-7-12(14)15/h2-9,15-17H,10H2,1H3/t15?,16-,17?/m1/s1. The van der Waals surface area contributed by atoms with Crippen molar-refractivity contribution in [2.75, 3.05) is 7.11 Å². The SMILES string of the molecule is COC(=O)[C@@H]1CC2c3ccccc3C1c1ccccc12. The topological polar surface area (TPSA) is 26.3 Å². The summed E-state index contributed by atoms with van der Waals surface area (Å²) < 4.78 is 5.03. The van der Waals surface area contributed by atoms with Crippen molar-refractivity contribution in [2.45, 2.75) is 18.3 Å². The molecule has 0 unspecified atom stereocenters. The quantitative estimate of drug-likeness (QED) is 0.737. The van der Waals surface area contributed by atoms with Crippen molar-refractivity contribution in [3.8, 4) is 0 Å². The second kappa shape index (κ2) is 4.20. The van der Waals surface area contributed by atoms with Gasteiger partial charge in [-0.25, -0.2) is 0 Å². The van der Waals surface area contributed by atoms with Gasteiger partial charge < -0.3 is 4.74 Å². The zero-order valence-electron chi connectivity index (χ0n) is 11.4. The molecule has 2 nitrogen and oxygen atoms in total. The van der Waals surface area contributed by atoms with E-state index in [2.05, 4.69) is 48.5 Å². The van der Waals surface area contributed by atoms with Gasteiger partial charge in [-0.05, 0) is 28.7 Å². The lowest BCUT2D eigenvalue weighted by atomic mass is 9.59. The maximum absolute atomic E-state index is 12.2. The minimum absolute atomic E-state index is 0.0465. The summed E-state index contributed by atoms with van der Waals surface area (Å²) in [6, 6.07) is 17.1. The molecule has 0 N–H and O–H groups in total. The number of carbonyl (C=O) groups excluding carboxylic acids is 1. The fourth-order valence-corrected chi connectivity index (χ4v) is 4.02. The Morgan fingerprint density at radius 3 is 1.95 bits per heavy atom. The third kappa shape index (κ3) is 1.42. The molecule has 2 aromatic carbocycles. The first-order valence-electron chi connectivity index (χ1n) is 7.06. The van der Waals surface area contributed by atoms with Crippen molar-refractivity contribution >= 4 is 5.97 Å². The van der Waals surface area contributed by atoms with Crippen LogP contribution >= 0.6 is 0 Å². The molecule has 20 heavy (non-hydrogen) atoms. The van der Waals surface area contributed by atoms with Crippen LogP contribution in [0.4, 0.5) is 0 Å². The second-order valence-electron chi connectivity index (χ2n) is 5.65. The van der Waals surface area contributed by atoms with Crippen LogP contribution in [0.1, 0.15) is 40.5 Å². The first kappa shape index (κ1) is 11.7.